The molecule has 47 heavy (non-hydrogen) atoms. The zero-order valence-electron chi connectivity index (χ0n) is 24.8. The maximum Gasteiger partial charge on any atom is 0.321 e. The molecule has 0 fully saturated rings. The Morgan fingerprint density at radius 2 is 1.66 bits per heavy atom. The number of nitrogens with zero attached hydrogens (tertiary/aromatic N) is 6. The number of hydrogen-bond donors (Lipinski definition) is 2. The van der Waals surface area contributed by atoms with Crippen LogP contribution in [0.1, 0.15) is 22.4 Å². The number of benzodiazepines with no additional fused rings is 1. The second kappa shape index (κ2) is 12.7. The summed E-state index contributed by atoms with van der Waals surface area (Å²) in [5, 5.41) is 28.4. The van der Waals surface area contributed by atoms with Crippen molar-refractivity contribution >= 4 is 40.4 Å². The van der Waals surface area contributed by atoms with Gasteiger partial charge in [0.05, 0.1) is 45.9 Å². The van der Waals surface area contributed by atoms with E-state index in [4.69, 9.17) is 4.99 Å². The monoisotopic (exact) mass is 630 g/mol. The molecule has 3 amide bonds. The molecule has 0 spiro atoms. The number of para-hydroxylation sites is 1. The van der Waals surface area contributed by atoms with Crippen molar-refractivity contribution in [2.24, 2.45) is 4.99 Å². The molecule has 14 nitrogen and oxygen atoms in total. The van der Waals surface area contributed by atoms with Crippen LogP contribution in [0.25, 0.3) is 5.69 Å². The zero-order chi connectivity index (χ0) is 33.1. The van der Waals surface area contributed by atoms with E-state index in [1.54, 1.807) is 30.3 Å². The quantitative estimate of drug-likeness (QED) is 0.167. The normalized spacial score (nSPS) is 14.1. The van der Waals surface area contributed by atoms with E-state index in [9.17, 15) is 29.8 Å². The standard InChI is InChI=1S/C33H26N8O6/c1-21-8-7-11-23(16-21)35-33(43)37-31-32(42)39(27-13-6-5-12-26(27)30(36-31)22-9-3-2-4-10-22)19-24-18-38(20-34-24)28-15-14-25(40(44)45)17-29(28)41(46)47/h2-18,20,31H,19H2,1H3,(H2,35,37,43). The molecule has 5 aromatic rings. The molecule has 2 N–H and O–H groups in total. The molecule has 1 aromatic heterocycles. The van der Waals surface area contributed by atoms with Crippen LogP contribution in [0.4, 0.5) is 27.5 Å². The highest BCUT2D eigenvalue weighted by atomic mass is 16.6. The van der Waals surface area contributed by atoms with Gasteiger partial charge in [-0.15, -0.1) is 0 Å². The highest BCUT2D eigenvalue weighted by Crippen LogP contribution is 2.31. The number of anilines is 2. The molecule has 4 aromatic carbocycles. The van der Waals surface area contributed by atoms with Gasteiger partial charge < -0.3 is 15.5 Å². The fraction of sp³-hybridized carbons (Fsp3) is 0.0909. The van der Waals surface area contributed by atoms with Gasteiger partial charge in [-0.05, 0) is 36.8 Å². The van der Waals surface area contributed by atoms with Crippen molar-refractivity contribution in [3.63, 3.8) is 0 Å². The number of benzene rings is 4. The number of nitro groups is 2. The molecule has 234 valence electrons. The number of non-ortho nitro benzene ring substituents is 1. The lowest BCUT2D eigenvalue weighted by atomic mass is 10.0. The largest absolute Gasteiger partial charge is 0.321 e. The highest BCUT2D eigenvalue weighted by Gasteiger charge is 2.34. The maximum atomic E-state index is 14.2. The Morgan fingerprint density at radius 3 is 2.40 bits per heavy atom. The topological polar surface area (TPSA) is 178 Å². The molecular formula is C33H26N8O6. The van der Waals surface area contributed by atoms with E-state index >= 15 is 0 Å². The van der Waals surface area contributed by atoms with Crippen molar-refractivity contribution in [3.8, 4) is 5.69 Å². The van der Waals surface area contributed by atoms with Crippen LogP contribution in [0.5, 0.6) is 0 Å². The number of nitro benzene ring substituents is 2. The fourth-order valence-corrected chi connectivity index (χ4v) is 5.26. The Balaban J connectivity index is 1.37. The third-order valence-electron chi connectivity index (χ3n) is 7.40. The Kier molecular flexibility index (Phi) is 8.21. The average Bonchev–Trinajstić information content (AvgIpc) is 3.50. The van der Waals surface area contributed by atoms with Crippen LogP contribution < -0.4 is 15.5 Å². The van der Waals surface area contributed by atoms with E-state index in [1.165, 1.54) is 28.1 Å². The third kappa shape index (κ3) is 6.42. The number of carbonyl (C=O) groups is 2. The summed E-state index contributed by atoms with van der Waals surface area (Å²) in [6.07, 6.45) is 1.50. The summed E-state index contributed by atoms with van der Waals surface area (Å²) in [7, 11) is 0. The zero-order valence-corrected chi connectivity index (χ0v) is 24.8. The van der Waals surface area contributed by atoms with Crippen LogP contribution in [0.15, 0.2) is 115 Å². The Labute approximate surface area is 267 Å². The predicted molar refractivity (Wildman–Crippen MR) is 174 cm³/mol. The van der Waals surface area contributed by atoms with E-state index in [-0.39, 0.29) is 12.2 Å². The lowest BCUT2D eigenvalue weighted by molar-refractivity contribution is -0.394. The van der Waals surface area contributed by atoms with E-state index in [0.29, 0.717) is 28.3 Å². The fourth-order valence-electron chi connectivity index (χ4n) is 5.26. The number of aromatic nitrogens is 2. The van der Waals surface area contributed by atoms with Gasteiger partial charge in [-0.1, -0.05) is 60.7 Å². The number of aryl methyl sites for hydroxylation is 1. The summed E-state index contributed by atoms with van der Waals surface area (Å²) in [6.45, 7) is 1.81. The molecule has 0 aliphatic carbocycles. The van der Waals surface area contributed by atoms with Gasteiger partial charge in [0.25, 0.3) is 17.3 Å². The van der Waals surface area contributed by atoms with Gasteiger partial charge in [-0.25, -0.2) is 14.8 Å². The molecule has 6 rings (SSSR count). The van der Waals surface area contributed by atoms with E-state index in [2.05, 4.69) is 15.6 Å². The van der Waals surface area contributed by atoms with Crippen LogP contribution in [0.2, 0.25) is 0 Å². The minimum Gasteiger partial charge on any atom is -0.308 e. The van der Waals surface area contributed by atoms with Crippen LogP contribution in [-0.4, -0.2) is 43.2 Å². The Bertz CT molecular complexity index is 2060. The first-order valence-electron chi connectivity index (χ1n) is 14.3. The molecule has 0 radical (unpaired) electrons. The molecule has 0 saturated carbocycles. The van der Waals surface area contributed by atoms with Crippen molar-refractivity contribution in [1.82, 2.24) is 14.9 Å². The summed E-state index contributed by atoms with van der Waals surface area (Å²) in [5.74, 6) is -0.543. The number of nitrogens with one attached hydrogen (secondary N) is 2. The molecule has 1 aliphatic rings. The molecule has 0 saturated heterocycles. The van der Waals surface area contributed by atoms with Gasteiger partial charge in [-0.2, -0.15) is 0 Å². The number of imidazole rings is 1. The second-order valence-corrected chi connectivity index (χ2v) is 10.6. The van der Waals surface area contributed by atoms with Crippen molar-refractivity contribution in [3.05, 3.63) is 152 Å². The number of rotatable bonds is 8. The minimum absolute atomic E-state index is 0.0593. The predicted octanol–water partition coefficient (Wildman–Crippen LogP) is 5.53. The van der Waals surface area contributed by atoms with Crippen molar-refractivity contribution in [2.75, 3.05) is 10.2 Å². The summed E-state index contributed by atoms with van der Waals surface area (Å²) >= 11 is 0. The highest BCUT2D eigenvalue weighted by molar-refractivity contribution is 6.20. The minimum atomic E-state index is -1.33. The van der Waals surface area contributed by atoms with Crippen LogP contribution in [-0.2, 0) is 11.3 Å². The second-order valence-electron chi connectivity index (χ2n) is 10.6. The molecule has 1 atom stereocenters. The number of hydrogen-bond acceptors (Lipinski definition) is 8. The van der Waals surface area contributed by atoms with Crippen molar-refractivity contribution in [2.45, 2.75) is 19.6 Å². The van der Waals surface area contributed by atoms with Gasteiger partial charge in [0.1, 0.15) is 5.69 Å². The van der Waals surface area contributed by atoms with E-state index in [0.717, 1.165) is 23.3 Å². The molecule has 1 aliphatic heterocycles. The number of amides is 3. The molecule has 2 heterocycles. The first-order chi connectivity index (χ1) is 22.7. The summed E-state index contributed by atoms with van der Waals surface area (Å²) in [6, 6.07) is 26.4. The van der Waals surface area contributed by atoms with Gasteiger partial charge in [0, 0.05) is 29.1 Å². The maximum absolute atomic E-state index is 14.2. The smallest absolute Gasteiger partial charge is 0.308 e. The van der Waals surface area contributed by atoms with Gasteiger partial charge >= 0.3 is 6.03 Å². The van der Waals surface area contributed by atoms with Gasteiger partial charge in [-0.3, -0.25) is 29.6 Å². The summed E-state index contributed by atoms with van der Waals surface area (Å²) in [4.78, 5) is 59.6. The first kappa shape index (κ1) is 30.3. The van der Waals surface area contributed by atoms with E-state index in [1.807, 2.05) is 55.5 Å². The van der Waals surface area contributed by atoms with Crippen LogP contribution in [0.3, 0.4) is 0 Å². The van der Waals surface area contributed by atoms with Crippen LogP contribution in [0, 0.1) is 27.2 Å². The number of aliphatic imine (C=N–C) groups is 1. The number of fused-ring (bicyclic) bond motifs is 1. The van der Waals surface area contributed by atoms with Gasteiger partial charge in [0.2, 0.25) is 6.17 Å². The molecular weight excluding hydrogens is 604 g/mol. The molecule has 0 bridgehead atoms. The van der Waals surface area contributed by atoms with Crippen molar-refractivity contribution < 1.29 is 19.4 Å². The lowest BCUT2D eigenvalue weighted by Gasteiger charge is -2.25. The summed E-state index contributed by atoms with van der Waals surface area (Å²) in [5.41, 5.74) is 3.37. The third-order valence-corrected chi connectivity index (χ3v) is 7.40. The van der Waals surface area contributed by atoms with Gasteiger partial charge in [0.15, 0.2) is 0 Å². The summed E-state index contributed by atoms with van der Waals surface area (Å²) < 4.78 is 1.36. The molecule has 1 unspecified atom stereocenters. The Hall–Kier alpha value is -6.70. The average molecular weight is 631 g/mol. The Morgan fingerprint density at radius 1 is 0.894 bits per heavy atom. The number of urea groups is 1. The first-order valence-corrected chi connectivity index (χ1v) is 14.3. The number of carbonyl (C=O) groups excluding carboxylic acids is 2. The SMILES string of the molecule is Cc1cccc(NC(=O)NC2N=C(c3ccccc3)c3ccccc3N(Cc3cn(-c4ccc([N+](=O)[O-])cc4[N+](=O)[O-])cn3)C2=O)c1. The molecule has 14 heteroatoms. The van der Waals surface area contributed by atoms with Crippen LogP contribution >= 0.6 is 0 Å². The van der Waals surface area contributed by atoms with Crippen molar-refractivity contribution in [1.29, 1.82) is 0 Å². The lowest BCUT2D eigenvalue weighted by Crippen LogP contribution is -2.48. The van der Waals surface area contributed by atoms with E-state index < -0.39 is 39.3 Å².